The van der Waals surface area contributed by atoms with Gasteiger partial charge >= 0.3 is 5.97 Å². The summed E-state index contributed by atoms with van der Waals surface area (Å²) in [5.74, 6) is -0.124. The first-order valence-corrected chi connectivity index (χ1v) is 6.88. The molecular weight excluding hydrogens is 258 g/mol. The molecule has 20 heavy (non-hydrogen) atoms. The van der Waals surface area contributed by atoms with E-state index in [1.165, 1.54) is 0 Å². The van der Waals surface area contributed by atoms with Crippen LogP contribution in [0, 0.1) is 13.8 Å². The lowest BCUT2D eigenvalue weighted by atomic mass is 10.0. The Labute approximate surface area is 118 Å². The molecule has 5 nitrogen and oxygen atoms in total. The fourth-order valence-corrected chi connectivity index (χ4v) is 2.62. The predicted octanol–water partition coefficient (Wildman–Crippen LogP) is 2.07. The summed E-state index contributed by atoms with van der Waals surface area (Å²) in [4.78, 5) is 12.5. The first kappa shape index (κ1) is 14.7. The molecule has 2 rings (SSSR count). The lowest BCUT2D eigenvalue weighted by molar-refractivity contribution is -0.136. The summed E-state index contributed by atoms with van der Waals surface area (Å²) in [7, 11) is 0. The van der Waals surface area contributed by atoms with Crippen molar-refractivity contribution >= 4 is 11.7 Å². The van der Waals surface area contributed by atoms with Crippen molar-refractivity contribution in [3.63, 3.8) is 0 Å². The number of ether oxygens (including phenoxy) is 1. The van der Waals surface area contributed by atoms with E-state index < -0.39 is 12.2 Å². The second-order valence-corrected chi connectivity index (χ2v) is 5.25. The zero-order valence-corrected chi connectivity index (χ0v) is 12.1. The smallest absolute Gasteiger partial charge is 0.305 e. The number of aryl methyl sites for hydroxylation is 2. The van der Waals surface area contributed by atoms with Gasteiger partial charge in [0.1, 0.15) is 11.9 Å². The molecule has 5 heteroatoms. The molecule has 0 amide bonds. The summed E-state index contributed by atoms with van der Waals surface area (Å²) in [6.07, 6.45) is -0.497. The molecule has 0 aromatic heterocycles. The van der Waals surface area contributed by atoms with Gasteiger partial charge in [0.05, 0.1) is 12.1 Å². The monoisotopic (exact) mass is 279 g/mol. The van der Waals surface area contributed by atoms with Crippen LogP contribution in [-0.2, 0) is 4.79 Å². The molecular formula is C15H21NO4. The Morgan fingerprint density at radius 3 is 2.70 bits per heavy atom. The van der Waals surface area contributed by atoms with Crippen LogP contribution in [0.5, 0.6) is 5.75 Å². The predicted molar refractivity (Wildman–Crippen MR) is 76.2 cm³/mol. The van der Waals surface area contributed by atoms with Crippen molar-refractivity contribution in [2.24, 2.45) is 0 Å². The van der Waals surface area contributed by atoms with Crippen molar-refractivity contribution in [2.75, 3.05) is 11.4 Å². The van der Waals surface area contributed by atoms with Crippen molar-refractivity contribution in [1.82, 2.24) is 0 Å². The Balaban J connectivity index is 2.41. The van der Waals surface area contributed by atoms with E-state index in [0.29, 0.717) is 6.42 Å². The number of aliphatic hydroxyl groups is 1. The van der Waals surface area contributed by atoms with E-state index in [4.69, 9.17) is 9.84 Å². The van der Waals surface area contributed by atoms with Crippen LogP contribution in [0.1, 0.15) is 30.9 Å². The van der Waals surface area contributed by atoms with Crippen molar-refractivity contribution in [1.29, 1.82) is 0 Å². The molecule has 1 aliphatic heterocycles. The maximum absolute atomic E-state index is 10.8. The van der Waals surface area contributed by atoms with Gasteiger partial charge in [-0.3, -0.25) is 4.79 Å². The number of carboxylic acid groups (broad SMARTS) is 1. The van der Waals surface area contributed by atoms with Crippen LogP contribution in [0.4, 0.5) is 5.69 Å². The molecule has 0 fully saturated rings. The van der Waals surface area contributed by atoms with E-state index in [0.717, 1.165) is 22.6 Å². The number of carbonyl (C=O) groups is 1. The molecule has 2 atom stereocenters. The summed E-state index contributed by atoms with van der Waals surface area (Å²) >= 11 is 0. The molecule has 2 N–H and O–H groups in total. The number of hydrogen-bond acceptors (Lipinski definition) is 4. The summed E-state index contributed by atoms with van der Waals surface area (Å²) < 4.78 is 5.88. The summed E-state index contributed by atoms with van der Waals surface area (Å²) in [6.45, 7) is 6.15. The zero-order chi connectivity index (χ0) is 14.9. The second-order valence-electron chi connectivity index (χ2n) is 5.25. The second kappa shape index (κ2) is 5.71. The molecule has 0 saturated carbocycles. The molecule has 1 aromatic rings. The minimum absolute atomic E-state index is 0.0140. The Bertz CT molecular complexity index is 515. The number of carboxylic acids is 1. The standard InChI is InChI=1S/C15H21NO4/c1-4-12-15(19)16(6-5-13(17)18)11-8-9(2)7-10(3)14(11)20-12/h7-8,12,15,19H,4-6H2,1-3H3,(H,17,18). The first-order chi connectivity index (χ1) is 9.43. The maximum Gasteiger partial charge on any atom is 0.305 e. The van der Waals surface area contributed by atoms with Crippen LogP contribution in [0.2, 0.25) is 0 Å². The molecule has 1 heterocycles. The first-order valence-electron chi connectivity index (χ1n) is 6.88. The SMILES string of the molecule is CCC1Oc2c(C)cc(C)cc2N(CCC(=O)O)C1O. The van der Waals surface area contributed by atoms with E-state index in [2.05, 4.69) is 0 Å². The third-order valence-electron chi connectivity index (χ3n) is 3.60. The van der Waals surface area contributed by atoms with Crippen molar-refractivity contribution in [3.8, 4) is 5.75 Å². The van der Waals surface area contributed by atoms with Crippen LogP contribution in [-0.4, -0.2) is 35.1 Å². The molecule has 2 unspecified atom stereocenters. The van der Waals surface area contributed by atoms with E-state index in [1.54, 1.807) is 4.90 Å². The number of aliphatic carboxylic acids is 1. The van der Waals surface area contributed by atoms with Gasteiger partial charge in [0.2, 0.25) is 0 Å². The Hall–Kier alpha value is -1.75. The van der Waals surface area contributed by atoms with Gasteiger partial charge in [-0.15, -0.1) is 0 Å². The fraction of sp³-hybridized carbons (Fsp3) is 0.533. The van der Waals surface area contributed by atoms with E-state index in [-0.39, 0.29) is 19.1 Å². The van der Waals surface area contributed by atoms with Crippen molar-refractivity contribution < 1.29 is 19.7 Å². The highest BCUT2D eigenvalue weighted by Crippen LogP contribution is 2.39. The molecule has 0 spiro atoms. The topological polar surface area (TPSA) is 70.0 Å². The third kappa shape index (κ3) is 2.72. The van der Waals surface area contributed by atoms with Gasteiger partial charge in [0.15, 0.2) is 6.23 Å². The van der Waals surface area contributed by atoms with Crippen molar-refractivity contribution in [3.05, 3.63) is 23.3 Å². The summed E-state index contributed by atoms with van der Waals surface area (Å²) in [5.41, 5.74) is 2.85. The highest BCUT2D eigenvalue weighted by molar-refractivity contribution is 5.70. The quantitative estimate of drug-likeness (QED) is 0.883. The molecule has 0 bridgehead atoms. The normalized spacial score (nSPS) is 21.3. The fourth-order valence-electron chi connectivity index (χ4n) is 2.62. The summed E-state index contributed by atoms with van der Waals surface area (Å²) in [6, 6.07) is 3.96. The number of nitrogens with zero attached hydrogens (tertiary/aromatic N) is 1. The number of benzene rings is 1. The molecule has 0 radical (unpaired) electrons. The van der Waals surface area contributed by atoms with Gasteiger partial charge < -0.3 is 19.8 Å². The molecule has 0 saturated heterocycles. The number of fused-ring (bicyclic) bond motifs is 1. The number of rotatable bonds is 4. The average molecular weight is 279 g/mol. The van der Waals surface area contributed by atoms with Gasteiger partial charge in [0.25, 0.3) is 0 Å². The summed E-state index contributed by atoms with van der Waals surface area (Å²) in [5, 5.41) is 19.2. The zero-order valence-electron chi connectivity index (χ0n) is 12.1. The number of anilines is 1. The minimum atomic E-state index is -0.873. The van der Waals surface area contributed by atoms with Crippen molar-refractivity contribution in [2.45, 2.75) is 45.9 Å². The largest absolute Gasteiger partial charge is 0.483 e. The van der Waals surface area contributed by atoms with Crippen LogP contribution in [0.25, 0.3) is 0 Å². The highest BCUT2D eigenvalue weighted by Gasteiger charge is 2.34. The van der Waals surface area contributed by atoms with Gasteiger partial charge in [0, 0.05) is 6.54 Å². The van der Waals surface area contributed by atoms with Gasteiger partial charge in [-0.2, -0.15) is 0 Å². The average Bonchev–Trinajstić information content (AvgIpc) is 2.37. The Morgan fingerprint density at radius 2 is 2.10 bits per heavy atom. The molecule has 0 aliphatic carbocycles. The Morgan fingerprint density at radius 1 is 1.40 bits per heavy atom. The maximum atomic E-state index is 10.8. The Kier molecular flexibility index (Phi) is 4.18. The molecule has 1 aliphatic rings. The van der Waals surface area contributed by atoms with Crippen LogP contribution >= 0.6 is 0 Å². The third-order valence-corrected chi connectivity index (χ3v) is 3.60. The van der Waals surface area contributed by atoms with Crippen LogP contribution in [0.3, 0.4) is 0 Å². The van der Waals surface area contributed by atoms with E-state index >= 15 is 0 Å². The molecule has 110 valence electrons. The minimum Gasteiger partial charge on any atom is -0.483 e. The molecule has 1 aromatic carbocycles. The van der Waals surface area contributed by atoms with Gasteiger partial charge in [-0.1, -0.05) is 13.0 Å². The van der Waals surface area contributed by atoms with Gasteiger partial charge in [-0.25, -0.2) is 0 Å². The van der Waals surface area contributed by atoms with Crippen LogP contribution in [0.15, 0.2) is 12.1 Å². The van der Waals surface area contributed by atoms with Crippen LogP contribution < -0.4 is 9.64 Å². The lowest BCUT2D eigenvalue weighted by Gasteiger charge is -2.41. The van der Waals surface area contributed by atoms with Gasteiger partial charge in [-0.05, 0) is 37.5 Å². The van der Waals surface area contributed by atoms with E-state index in [9.17, 15) is 9.90 Å². The lowest BCUT2D eigenvalue weighted by Crippen LogP contribution is -2.50. The van der Waals surface area contributed by atoms with E-state index in [1.807, 2.05) is 32.9 Å². The number of aliphatic hydroxyl groups excluding tert-OH is 1. The highest BCUT2D eigenvalue weighted by atomic mass is 16.5. The number of hydrogen-bond donors (Lipinski definition) is 2.